The number of nitrogens with two attached hydrogens (primary N) is 1. The molecule has 0 radical (unpaired) electrons. The van der Waals surface area contributed by atoms with Gasteiger partial charge in [0.05, 0.1) is 17.9 Å². The quantitative estimate of drug-likeness (QED) is 0.830. The topological polar surface area (TPSA) is 85.4 Å². The third-order valence-electron chi connectivity index (χ3n) is 4.52. The van der Waals surface area contributed by atoms with Gasteiger partial charge in [0.1, 0.15) is 11.4 Å². The first-order valence-electron chi connectivity index (χ1n) is 8.40. The Labute approximate surface area is 137 Å². The Hall–Kier alpha value is -1.92. The molecule has 1 aromatic rings. The van der Waals surface area contributed by atoms with Crippen molar-refractivity contribution >= 4 is 17.6 Å². The first-order valence-corrected chi connectivity index (χ1v) is 8.40. The molecule has 0 aromatic carbocycles. The number of carbonyl (C=O) groups is 1. The number of rotatable bonds is 1. The predicted molar refractivity (Wildman–Crippen MR) is 89.3 cm³/mol. The molecule has 3 N–H and O–H groups in total. The molecule has 1 saturated heterocycles. The molecule has 2 aliphatic rings. The van der Waals surface area contributed by atoms with E-state index in [1.165, 1.54) is 0 Å². The zero-order chi connectivity index (χ0) is 16.6. The van der Waals surface area contributed by atoms with Crippen LogP contribution >= 0.6 is 0 Å². The molecule has 2 unspecified atom stereocenters. The molecule has 0 spiro atoms. The maximum absolute atomic E-state index is 12.3. The number of hydrogen-bond donors (Lipinski definition) is 2. The minimum atomic E-state index is -0.456. The minimum absolute atomic E-state index is 0.212. The fraction of sp³-hybridized carbons (Fsp3) is 0.750. The van der Waals surface area contributed by atoms with Gasteiger partial charge in [0.2, 0.25) is 0 Å². The third kappa shape index (κ3) is 3.38. The Morgan fingerprint density at radius 2 is 2.22 bits per heavy atom. The van der Waals surface area contributed by atoms with Gasteiger partial charge in [-0.05, 0) is 46.0 Å². The highest BCUT2D eigenvalue weighted by Gasteiger charge is 2.35. The molecule has 128 valence electrons. The van der Waals surface area contributed by atoms with Crippen molar-refractivity contribution in [1.29, 1.82) is 0 Å². The first kappa shape index (κ1) is 16.0. The summed E-state index contributed by atoms with van der Waals surface area (Å²) < 4.78 is 7.52. The number of nitrogens with one attached hydrogen (secondary N) is 1. The van der Waals surface area contributed by atoms with E-state index in [0.717, 1.165) is 44.7 Å². The van der Waals surface area contributed by atoms with Gasteiger partial charge in [-0.15, -0.1) is 0 Å². The summed E-state index contributed by atoms with van der Waals surface area (Å²) in [7, 11) is 0. The van der Waals surface area contributed by atoms with Crippen LogP contribution in [0, 0.1) is 5.92 Å². The van der Waals surface area contributed by atoms with Crippen molar-refractivity contribution in [2.75, 3.05) is 30.7 Å². The lowest BCUT2D eigenvalue weighted by Crippen LogP contribution is -2.45. The summed E-state index contributed by atoms with van der Waals surface area (Å²) in [5, 5.41) is 7.75. The van der Waals surface area contributed by atoms with E-state index in [1.54, 1.807) is 6.20 Å². The number of nitrogens with zero attached hydrogens (tertiary/aromatic N) is 3. The molecule has 1 fully saturated rings. The lowest BCUT2D eigenvalue weighted by molar-refractivity contribution is 0.0127. The highest BCUT2D eigenvalue weighted by Crippen LogP contribution is 2.36. The Bertz CT molecular complexity index is 578. The van der Waals surface area contributed by atoms with E-state index in [4.69, 9.17) is 10.5 Å². The van der Waals surface area contributed by atoms with Gasteiger partial charge in [-0.3, -0.25) is 0 Å². The largest absolute Gasteiger partial charge is 0.444 e. The zero-order valence-electron chi connectivity index (χ0n) is 14.2. The number of ether oxygens (including phenoxy) is 1. The molecule has 2 atom stereocenters. The lowest BCUT2D eigenvalue weighted by atomic mass is 9.88. The predicted octanol–water partition coefficient (Wildman–Crippen LogP) is 2.47. The van der Waals surface area contributed by atoms with Crippen LogP contribution in [0.25, 0.3) is 0 Å². The fourth-order valence-corrected chi connectivity index (χ4v) is 3.52. The number of aromatic nitrogens is 2. The molecule has 0 bridgehead atoms. The van der Waals surface area contributed by atoms with E-state index in [0.29, 0.717) is 11.6 Å². The second-order valence-corrected chi connectivity index (χ2v) is 7.50. The van der Waals surface area contributed by atoms with Crippen molar-refractivity contribution < 1.29 is 9.53 Å². The zero-order valence-corrected chi connectivity index (χ0v) is 14.2. The lowest BCUT2D eigenvalue weighted by Gasteiger charge is -2.39. The van der Waals surface area contributed by atoms with E-state index in [1.807, 2.05) is 30.4 Å². The van der Waals surface area contributed by atoms with E-state index >= 15 is 0 Å². The van der Waals surface area contributed by atoms with E-state index < -0.39 is 5.60 Å². The van der Waals surface area contributed by atoms with Crippen LogP contribution in [0.3, 0.4) is 0 Å². The molecule has 0 aliphatic carbocycles. The SMILES string of the molecule is CC(C)(C)OC(=O)N1CCCC(C2CCNc3c(N)cnn32)C1. The van der Waals surface area contributed by atoms with Crippen LogP contribution in [0.1, 0.15) is 46.1 Å². The van der Waals surface area contributed by atoms with Gasteiger partial charge in [-0.1, -0.05) is 0 Å². The van der Waals surface area contributed by atoms with Gasteiger partial charge in [0.25, 0.3) is 0 Å². The average Bonchev–Trinajstić information content (AvgIpc) is 2.87. The summed E-state index contributed by atoms with van der Waals surface area (Å²) in [5.74, 6) is 1.30. The molecular weight excluding hydrogens is 294 g/mol. The number of amides is 1. The molecule has 7 nitrogen and oxygen atoms in total. The van der Waals surface area contributed by atoms with Gasteiger partial charge < -0.3 is 20.7 Å². The van der Waals surface area contributed by atoms with Crippen LogP contribution in [0.15, 0.2) is 6.20 Å². The molecule has 0 saturated carbocycles. The van der Waals surface area contributed by atoms with Crippen LogP contribution in [0.5, 0.6) is 0 Å². The first-order chi connectivity index (χ1) is 10.8. The van der Waals surface area contributed by atoms with Crippen LogP contribution in [-0.2, 0) is 4.74 Å². The molecule has 3 heterocycles. The third-order valence-corrected chi connectivity index (χ3v) is 4.52. The highest BCUT2D eigenvalue weighted by molar-refractivity contribution is 5.68. The average molecular weight is 321 g/mol. The van der Waals surface area contributed by atoms with E-state index in [2.05, 4.69) is 10.4 Å². The molecular formula is C16H27N5O2. The van der Waals surface area contributed by atoms with Crippen LogP contribution in [-0.4, -0.2) is 46.0 Å². The van der Waals surface area contributed by atoms with Gasteiger partial charge in [-0.25, -0.2) is 9.48 Å². The van der Waals surface area contributed by atoms with Crippen molar-refractivity contribution in [3.05, 3.63) is 6.20 Å². The number of nitrogen functional groups attached to an aromatic ring is 1. The number of carbonyl (C=O) groups excluding carboxylic acids is 1. The summed E-state index contributed by atoms with van der Waals surface area (Å²) >= 11 is 0. The standard InChI is InChI=1S/C16H27N5O2/c1-16(2,3)23-15(22)20-8-4-5-11(10-20)13-6-7-18-14-12(17)9-19-21(13)14/h9,11,13,18H,4-8,10,17H2,1-3H3. The van der Waals surface area contributed by atoms with Crippen LogP contribution in [0.2, 0.25) is 0 Å². The molecule has 1 aromatic heterocycles. The molecule has 23 heavy (non-hydrogen) atoms. The maximum Gasteiger partial charge on any atom is 0.410 e. The fourth-order valence-electron chi connectivity index (χ4n) is 3.52. The number of fused-ring (bicyclic) bond motifs is 1. The van der Waals surface area contributed by atoms with Gasteiger partial charge in [0.15, 0.2) is 0 Å². The number of piperidine rings is 1. The van der Waals surface area contributed by atoms with Gasteiger partial charge in [0, 0.05) is 19.6 Å². The van der Waals surface area contributed by atoms with Crippen molar-refractivity contribution in [3.63, 3.8) is 0 Å². The summed E-state index contributed by atoms with van der Waals surface area (Å²) in [6.07, 6.45) is 4.59. The Balaban J connectivity index is 1.71. The normalized spacial score (nSPS) is 24.7. The number of hydrogen-bond acceptors (Lipinski definition) is 5. The Morgan fingerprint density at radius 1 is 1.43 bits per heavy atom. The van der Waals surface area contributed by atoms with Crippen LogP contribution in [0.4, 0.5) is 16.3 Å². The Morgan fingerprint density at radius 3 is 2.96 bits per heavy atom. The molecule has 3 rings (SSSR count). The monoisotopic (exact) mass is 321 g/mol. The summed E-state index contributed by atoms with van der Waals surface area (Å²) in [6.45, 7) is 8.08. The summed E-state index contributed by atoms with van der Waals surface area (Å²) in [4.78, 5) is 14.2. The number of likely N-dealkylation sites (tertiary alicyclic amines) is 1. The molecule has 2 aliphatic heterocycles. The minimum Gasteiger partial charge on any atom is -0.444 e. The van der Waals surface area contributed by atoms with Crippen molar-refractivity contribution in [2.45, 2.75) is 51.7 Å². The van der Waals surface area contributed by atoms with E-state index in [9.17, 15) is 4.79 Å². The van der Waals surface area contributed by atoms with E-state index in [-0.39, 0.29) is 12.1 Å². The van der Waals surface area contributed by atoms with Gasteiger partial charge >= 0.3 is 6.09 Å². The summed E-state index contributed by atoms with van der Waals surface area (Å²) in [6, 6.07) is 0.286. The second-order valence-electron chi connectivity index (χ2n) is 7.50. The smallest absolute Gasteiger partial charge is 0.410 e. The maximum atomic E-state index is 12.3. The molecule has 7 heteroatoms. The number of anilines is 2. The van der Waals surface area contributed by atoms with Crippen molar-refractivity contribution in [2.24, 2.45) is 5.92 Å². The molecule has 1 amide bonds. The van der Waals surface area contributed by atoms with Crippen LogP contribution < -0.4 is 11.1 Å². The highest BCUT2D eigenvalue weighted by atomic mass is 16.6. The van der Waals surface area contributed by atoms with Crippen molar-refractivity contribution in [3.8, 4) is 0 Å². The second kappa shape index (κ2) is 5.94. The summed E-state index contributed by atoms with van der Waals surface area (Å²) in [5.41, 5.74) is 6.20. The van der Waals surface area contributed by atoms with Crippen molar-refractivity contribution in [1.82, 2.24) is 14.7 Å². The van der Waals surface area contributed by atoms with Gasteiger partial charge in [-0.2, -0.15) is 5.10 Å². The Kier molecular flexibility index (Phi) is 4.12.